The van der Waals surface area contributed by atoms with Gasteiger partial charge in [-0.25, -0.2) is 0 Å². The smallest absolute Gasteiger partial charge is 0.128 e. The summed E-state index contributed by atoms with van der Waals surface area (Å²) in [5.74, 6) is 1.55. The van der Waals surface area contributed by atoms with Crippen LogP contribution in [0.4, 0.5) is 0 Å². The summed E-state index contributed by atoms with van der Waals surface area (Å²) < 4.78 is 11.4. The summed E-state index contributed by atoms with van der Waals surface area (Å²) in [6.45, 7) is 4.97. The normalized spacial score (nSPS) is 10.8. The van der Waals surface area contributed by atoms with E-state index in [0.29, 0.717) is 19.0 Å². The highest BCUT2D eigenvalue weighted by Gasteiger charge is 2.03. The number of nitrogens with zero attached hydrogens (tertiary/aromatic N) is 1. The highest BCUT2D eigenvalue weighted by atomic mass is 16.5. The van der Waals surface area contributed by atoms with Crippen LogP contribution in [0.2, 0.25) is 0 Å². The zero-order chi connectivity index (χ0) is 15.1. The summed E-state index contributed by atoms with van der Waals surface area (Å²) in [5.41, 5.74) is 3.08. The lowest BCUT2D eigenvalue weighted by Gasteiger charge is -2.12. The fourth-order valence-corrected chi connectivity index (χ4v) is 1.96. The summed E-state index contributed by atoms with van der Waals surface area (Å²) in [7, 11) is 0. The lowest BCUT2D eigenvalue weighted by Crippen LogP contribution is -2.10. The summed E-state index contributed by atoms with van der Waals surface area (Å²) >= 11 is 0. The average Bonchev–Trinajstić information content (AvgIpc) is 2.49. The van der Waals surface area contributed by atoms with Crippen LogP contribution in [0.5, 0.6) is 11.5 Å². The van der Waals surface area contributed by atoms with E-state index in [4.69, 9.17) is 14.7 Å². The zero-order valence-corrected chi connectivity index (χ0v) is 12.2. The fraction of sp³-hybridized carbons (Fsp3) is 0.235. The number of para-hydroxylation sites is 1. The zero-order valence-electron chi connectivity index (χ0n) is 12.2. The SMILES string of the molecule is Cc1cccc(OCCOc2ccccc2/C=N/O)c1C. The molecule has 0 bridgehead atoms. The van der Waals surface area contributed by atoms with Gasteiger partial charge < -0.3 is 14.7 Å². The van der Waals surface area contributed by atoms with E-state index in [1.165, 1.54) is 11.8 Å². The number of aryl methyl sites for hydroxylation is 1. The summed E-state index contributed by atoms with van der Waals surface area (Å²) in [6, 6.07) is 13.4. The van der Waals surface area contributed by atoms with Gasteiger partial charge in [0.2, 0.25) is 0 Å². The largest absolute Gasteiger partial charge is 0.490 e. The summed E-state index contributed by atoms with van der Waals surface area (Å²) in [4.78, 5) is 0. The minimum Gasteiger partial charge on any atom is -0.490 e. The van der Waals surface area contributed by atoms with E-state index >= 15 is 0 Å². The quantitative estimate of drug-likeness (QED) is 0.382. The number of oxime groups is 1. The maximum atomic E-state index is 8.61. The van der Waals surface area contributed by atoms with Gasteiger partial charge in [0.15, 0.2) is 0 Å². The van der Waals surface area contributed by atoms with E-state index in [1.54, 1.807) is 0 Å². The number of hydrogen-bond acceptors (Lipinski definition) is 4. The van der Waals surface area contributed by atoms with Crippen molar-refractivity contribution < 1.29 is 14.7 Å². The lowest BCUT2D eigenvalue weighted by atomic mass is 10.1. The molecular formula is C17H19NO3. The predicted octanol–water partition coefficient (Wildman–Crippen LogP) is 3.57. The van der Waals surface area contributed by atoms with Gasteiger partial charge in [-0.15, -0.1) is 0 Å². The van der Waals surface area contributed by atoms with Crippen molar-refractivity contribution in [2.75, 3.05) is 13.2 Å². The average molecular weight is 285 g/mol. The van der Waals surface area contributed by atoms with Crippen LogP contribution in [0.1, 0.15) is 16.7 Å². The van der Waals surface area contributed by atoms with Gasteiger partial charge in [-0.2, -0.15) is 0 Å². The van der Waals surface area contributed by atoms with Crippen LogP contribution in [0.3, 0.4) is 0 Å². The number of rotatable bonds is 6. The van der Waals surface area contributed by atoms with Crippen molar-refractivity contribution in [1.82, 2.24) is 0 Å². The second-order valence-electron chi connectivity index (χ2n) is 4.68. The molecule has 1 N–H and O–H groups in total. The molecule has 0 aliphatic rings. The third-order valence-electron chi connectivity index (χ3n) is 3.27. The number of ether oxygens (including phenoxy) is 2. The number of hydrogen-bond donors (Lipinski definition) is 1. The van der Waals surface area contributed by atoms with Crippen molar-refractivity contribution in [3.05, 3.63) is 59.2 Å². The molecule has 0 aromatic heterocycles. The van der Waals surface area contributed by atoms with E-state index in [2.05, 4.69) is 18.1 Å². The molecule has 0 aliphatic carbocycles. The van der Waals surface area contributed by atoms with Crippen molar-refractivity contribution in [2.45, 2.75) is 13.8 Å². The van der Waals surface area contributed by atoms with Gasteiger partial charge in [0.05, 0.1) is 6.21 Å². The van der Waals surface area contributed by atoms with Gasteiger partial charge in [-0.1, -0.05) is 29.4 Å². The van der Waals surface area contributed by atoms with Gasteiger partial charge in [-0.3, -0.25) is 0 Å². The molecule has 0 spiro atoms. The second kappa shape index (κ2) is 7.33. The van der Waals surface area contributed by atoms with Gasteiger partial charge in [0.1, 0.15) is 24.7 Å². The first kappa shape index (κ1) is 14.9. The highest BCUT2D eigenvalue weighted by molar-refractivity contribution is 5.82. The maximum Gasteiger partial charge on any atom is 0.128 e. The molecule has 0 saturated carbocycles. The Morgan fingerprint density at radius 1 is 0.952 bits per heavy atom. The summed E-state index contributed by atoms with van der Waals surface area (Å²) in [5, 5.41) is 11.6. The first-order chi connectivity index (χ1) is 10.2. The van der Waals surface area contributed by atoms with Crippen LogP contribution in [0.25, 0.3) is 0 Å². The molecule has 0 atom stereocenters. The van der Waals surface area contributed by atoms with Gasteiger partial charge in [-0.05, 0) is 43.2 Å². The monoisotopic (exact) mass is 285 g/mol. The molecule has 0 fully saturated rings. The Bertz CT molecular complexity index is 623. The minimum atomic E-state index is 0.420. The van der Waals surface area contributed by atoms with Crippen molar-refractivity contribution >= 4 is 6.21 Å². The van der Waals surface area contributed by atoms with E-state index in [9.17, 15) is 0 Å². The first-order valence-electron chi connectivity index (χ1n) is 6.80. The van der Waals surface area contributed by atoms with Crippen molar-refractivity contribution in [3.8, 4) is 11.5 Å². The molecule has 2 rings (SSSR count). The van der Waals surface area contributed by atoms with Gasteiger partial charge >= 0.3 is 0 Å². The van der Waals surface area contributed by atoms with Crippen LogP contribution in [0, 0.1) is 13.8 Å². The molecule has 0 unspecified atom stereocenters. The van der Waals surface area contributed by atoms with Crippen LogP contribution < -0.4 is 9.47 Å². The number of benzene rings is 2. The Morgan fingerprint density at radius 3 is 2.38 bits per heavy atom. The molecule has 0 amide bonds. The Labute approximate surface area is 124 Å². The lowest BCUT2D eigenvalue weighted by molar-refractivity contribution is 0.216. The van der Waals surface area contributed by atoms with Crippen molar-refractivity contribution in [3.63, 3.8) is 0 Å². The van der Waals surface area contributed by atoms with Crippen LogP contribution in [-0.4, -0.2) is 24.6 Å². The van der Waals surface area contributed by atoms with Crippen molar-refractivity contribution in [1.29, 1.82) is 0 Å². The first-order valence-corrected chi connectivity index (χ1v) is 6.80. The predicted molar refractivity (Wildman–Crippen MR) is 82.7 cm³/mol. The van der Waals surface area contributed by atoms with Gasteiger partial charge in [0, 0.05) is 5.56 Å². The fourth-order valence-electron chi connectivity index (χ4n) is 1.96. The third kappa shape index (κ3) is 3.99. The third-order valence-corrected chi connectivity index (χ3v) is 3.27. The van der Waals surface area contributed by atoms with Crippen molar-refractivity contribution in [2.24, 2.45) is 5.16 Å². The topological polar surface area (TPSA) is 51.0 Å². The Balaban J connectivity index is 1.89. The maximum absolute atomic E-state index is 8.61. The van der Waals surface area contributed by atoms with Crippen LogP contribution >= 0.6 is 0 Å². The van der Waals surface area contributed by atoms with E-state index in [-0.39, 0.29) is 0 Å². The molecule has 2 aromatic rings. The molecule has 2 aromatic carbocycles. The Kier molecular flexibility index (Phi) is 5.21. The van der Waals surface area contributed by atoms with Gasteiger partial charge in [0.25, 0.3) is 0 Å². The molecule has 110 valence electrons. The molecule has 4 heteroatoms. The highest BCUT2D eigenvalue weighted by Crippen LogP contribution is 2.20. The molecule has 0 radical (unpaired) electrons. The van der Waals surface area contributed by atoms with Crippen LogP contribution in [0.15, 0.2) is 47.6 Å². The van der Waals surface area contributed by atoms with E-state index in [0.717, 1.165) is 16.9 Å². The van der Waals surface area contributed by atoms with Crippen LogP contribution in [-0.2, 0) is 0 Å². The summed E-state index contributed by atoms with van der Waals surface area (Å²) in [6.07, 6.45) is 1.35. The molecule has 21 heavy (non-hydrogen) atoms. The van der Waals surface area contributed by atoms with E-state index in [1.807, 2.05) is 43.3 Å². The minimum absolute atomic E-state index is 0.420. The molecule has 0 aliphatic heterocycles. The molecule has 0 heterocycles. The molecular weight excluding hydrogens is 266 g/mol. The standard InChI is InChI=1S/C17H19NO3/c1-13-6-5-9-16(14(13)2)20-10-11-21-17-8-4-3-7-15(17)12-18-19/h3-9,12,19H,10-11H2,1-2H3/b18-12+. The van der Waals surface area contributed by atoms with E-state index < -0.39 is 0 Å². The Morgan fingerprint density at radius 2 is 1.62 bits per heavy atom. The Hall–Kier alpha value is -2.49. The molecule has 4 nitrogen and oxygen atoms in total. The second-order valence-corrected chi connectivity index (χ2v) is 4.68. The molecule has 0 saturated heterocycles.